The van der Waals surface area contributed by atoms with E-state index in [0.717, 1.165) is 67.1 Å². The van der Waals surface area contributed by atoms with E-state index in [-0.39, 0.29) is 5.41 Å². The standard InChI is InChI=1S/C52H37N3O2/c1-52(2)43-26-14-12-23-39(43)40-30-29-37(31-44(40)52)54(35-19-8-4-9-20-35)46-32-38(33-48-49(46)53-51(57-48)34-17-6-3-7-18-34)55(36-21-10-5-11-22-36)45-27-16-25-42-41-24-13-15-28-47(41)56-50(42)45/h3-33H,1-2H3. The molecule has 0 radical (unpaired) electrons. The Balaban J connectivity index is 1.20. The van der Waals surface area contributed by atoms with Gasteiger partial charge in [0.15, 0.2) is 11.2 Å². The zero-order valence-electron chi connectivity index (χ0n) is 31.6. The smallest absolute Gasteiger partial charge is 0.227 e. The van der Waals surface area contributed by atoms with Crippen LogP contribution < -0.4 is 9.80 Å². The van der Waals surface area contributed by atoms with Gasteiger partial charge in [-0.1, -0.05) is 129 Å². The summed E-state index contributed by atoms with van der Waals surface area (Å²) in [7, 11) is 0. The van der Waals surface area contributed by atoms with Crippen LogP contribution >= 0.6 is 0 Å². The maximum absolute atomic E-state index is 6.78. The molecule has 5 heteroatoms. The third-order valence-electron chi connectivity index (χ3n) is 11.5. The van der Waals surface area contributed by atoms with Crippen LogP contribution in [0.4, 0.5) is 34.1 Å². The van der Waals surface area contributed by atoms with Crippen molar-refractivity contribution in [3.63, 3.8) is 0 Å². The van der Waals surface area contributed by atoms with Gasteiger partial charge in [0, 0.05) is 44.9 Å². The summed E-state index contributed by atoms with van der Waals surface area (Å²) in [4.78, 5) is 9.86. The molecule has 10 aromatic rings. The van der Waals surface area contributed by atoms with Crippen LogP contribution in [0.5, 0.6) is 0 Å². The molecule has 1 aliphatic rings. The van der Waals surface area contributed by atoms with E-state index in [1.807, 2.05) is 48.5 Å². The van der Waals surface area contributed by atoms with Crippen LogP contribution in [0.2, 0.25) is 0 Å². The summed E-state index contributed by atoms with van der Waals surface area (Å²) < 4.78 is 13.5. The number of fused-ring (bicyclic) bond motifs is 7. The molecule has 0 saturated heterocycles. The third-order valence-corrected chi connectivity index (χ3v) is 11.5. The van der Waals surface area contributed by atoms with Gasteiger partial charge in [0.25, 0.3) is 0 Å². The number of nitrogens with zero attached hydrogens (tertiary/aromatic N) is 3. The van der Waals surface area contributed by atoms with Gasteiger partial charge >= 0.3 is 0 Å². The Labute approximate surface area is 330 Å². The lowest BCUT2D eigenvalue weighted by atomic mass is 9.82. The molecule has 8 aromatic carbocycles. The molecule has 0 fully saturated rings. The first-order valence-electron chi connectivity index (χ1n) is 19.4. The summed E-state index contributed by atoms with van der Waals surface area (Å²) in [5.74, 6) is 0.563. The number of para-hydroxylation sites is 4. The summed E-state index contributed by atoms with van der Waals surface area (Å²) in [5, 5.41) is 2.14. The average Bonchev–Trinajstić information content (AvgIpc) is 3.93. The third kappa shape index (κ3) is 5.27. The molecule has 11 rings (SSSR count). The van der Waals surface area contributed by atoms with Crippen LogP contribution in [-0.2, 0) is 5.41 Å². The lowest BCUT2D eigenvalue weighted by Crippen LogP contribution is -2.17. The zero-order valence-corrected chi connectivity index (χ0v) is 31.6. The molecule has 0 amide bonds. The van der Waals surface area contributed by atoms with Crippen molar-refractivity contribution in [2.24, 2.45) is 0 Å². The number of hydrogen-bond acceptors (Lipinski definition) is 5. The number of aromatic nitrogens is 1. The molecule has 57 heavy (non-hydrogen) atoms. The molecule has 0 atom stereocenters. The van der Waals surface area contributed by atoms with Gasteiger partial charge in [0.1, 0.15) is 11.1 Å². The first-order chi connectivity index (χ1) is 28.0. The van der Waals surface area contributed by atoms with Gasteiger partial charge in [0.2, 0.25) is 5.89 Å². The van der Waals surface area contributed by atoms with E-state index >= 15 is 0 Å². The number of hydrogen-bond donors (Lipinski definition) is 0. The van der Waals surface area contributed by atoms with E-state index < -0.39 is 0 Å². The van der Waals surface area contributed by atoms with Crippen LogP contribution in [0.1, 0.15) is 25.0 Å². The fourth-order valence-corrected chi connectivity index (χ4v) is 8.75. The lowest BCUT2D eigenvalue weighted by molar-refractivity contribution is 0.620. The molecule has 0 bridgehead atoms. The molecule has 1 aliphatic carbocycles. The van der Waals surface area contributed by atoms with E-state index in [0.29, 0.717) is 11.5 Å². The molecule has 0 saturated carbocycles. The second kappa shape index (κ2) is 12.9. The van der Waals surface area contributed by atoms with Crippen molar-refractivity contribution in [2.75, 3.05) is 9.80 Å². The van der Waals surface area contributed by atoms with E-state index in [1.54, 1.807) is 0 Å². The summed E-state index contributed by atoms with van der Waals surface area (Å²) >= 11 is 0. The number of oxazole rings is 1. The van der Waals surface area contributed by atoms with Crippen molar-refractivity contribution >= 4 is 67.2 Å². The summed E-state index contributed by atoms with van der Waals surface area (Å²) in [5.41, 5.74) is 14.8. The highest BCUT2D eigenvalue weighted by Gasteiger charge is 2.36. The monoisotopic (exact) mass is 735 g/mol. The predicted octanol–water partition coefficient (Wildman–Crippen LogP) is 14.6. The van der Waals surface area contributed by atoms with Crippen molar-refractivity contribution in [1.82, 2.24) is 4.98 Å². The second-order valence-corrected chi connectivity index (χ2v) is 15.2. The van der Waals surface area contributed by atoms with Crippen LogP contribution in [0.3, 0.4) is 0 Å². The molecule has 0 N–H and O–H groups in total. The maximum atomic E-state index is 6.78. The molecule has 0 unspecified atom stereocenters. The van der Waals surface area contributed by atoms with E-state index in [2.05, 4.69) is 163 Å². The molecular weight excluding hydrogens is 699 g/mol. The minimum atomic E-state index is -0.175. The van der Waals surface area contributed by atoms with Crippen molar-refractivity contribution in [2.45, 2.75) is 19.3 Å². The van der Waals surface area contributed by atoms with E-state index in [1.165, 1.54) is 22.3 Å². The van der Waals surface area contributed by atoms with Crippen LogP contribution in [0.25, 0.3) is 55.6 Å². The Morgan fingerprint density at radius 1 is 0.439 bits per heavy atom. The van der Waals surface area contributed by atoms with E-state index in [9.17, 15) is 0 Å². The van der Waals surface area contributed by atoms with Gasteiger partial charge < -0.3 is 18.6 Å². The van der Waals surface area contributed by atoms with Crippen molar-refractivity contribution in [3.05, 3.63) is 199 Å². The highest BCUT2D eigenvalue weighted by atomic mass is 16.3. The molecule has 5 nitrogen and oxygen atoms in total. The zero-order chi connectivity index (χ0) is 38.1. The average molecular weight is 736 g/mol. The van der Waals surface area contributed by atoms with Gasteiger partial charge in [-0.3, -0.25) is 0 Å². The normalized spacial score (nSPS) is 12.9. The topological polar surface area (TPSA) is 45.7 Å². The highest BCUT2D eigenvalue weighted by Crippen LogP contribution is 2.52. The number of furan rings is 1. The SMILES string of the molecule is CC1(C)c2ccccc2-c2ccc(N(c3ccccc3)c3cc(N(c4ccccc4)c4cccc5c4oc4ccccc45)cc4oc(-c5ccccc5)nc34)cc21. The van der Waals surface area contributed by atoms with E-state index in [4.69, 9.17) is 13.8 Å². The quantitative estimate of drug-likeness (QED) is 0.163. The van der Waals surface area contributed by atoms with Crippen molar-refractivity contribution in [1.29, 1.82) is 0 Å². The summed E-state index contributed by atoms with van der Waals surface area (Å²) in [6.07, 6.45) is 0. The van der Waals surface area contributed by atoms with Crippen LogP contribution in [-0.4, -0.2) is 4.98 Å². The first-order valence-corrected chi connectivity index (χ1v) is 19.4. The molecule has 272 valence electrons. The van der Waals surface area contributed by atoms with Gasteiger partial charge in [-0.05, 0) is 89.0 Å². The number of anilines is 6. The largest absolute Gasteiger partial charge is 0.454 e. The Morgan fingerprint density at radius 3 is 1.84 bits per heavy atom. The van der Waals surface area contributed by atoms with Gasteiger partial charge in [-0.15, -0.1) is 0 Å². The predicted molar refractivity (Wildman–Crippen MR) is 234 cm³/mol. The van der Waals surface area contributed by atoms with Crippen LogP contribution in [0, 0.1) is 0 Å². The second-order valence-electron chi connectivity index (χ2n) is 15.2. The maximum Gasteiger partial charge on any atom is 0.227 e. The Bertz CT molecular complexity index is 3110. The van der Waals surface area contributed by atoms with Gasteiger partial charge in [-0.25, -0.2) is 4.98 Å². The molecule has 2 aromatic heterocycles. The minimum absolute atomic E-state index is 0.175. The number of benzene rings is 8. The highest BCUT2D eigenvalue weighted by molar-refractivity contribution is 6.11. The summed E-state index contributed by atoms with van der Waals surface area (Å²) in [6.45, 7) is 4.65. The van der Waals surface area contributed by atoms with Crippen LogP contribution in [0.15, 0.2) is 197 Å². The lowest BCUT2D eigenvalue weighted by Gasteiger charge is -2.30. The molecule has 0 spiro atoms. The van der Waals surface area contributed by atoms with Crippen molar-refractivity contribution < 1.29 is 8.83 Å². The Morgan fingerprint density at radius 2 is 1.07 bits per heavy atom. The molecular formula is C52H37N3O2. The Hall–Kier alpha value is -7.37. The number of rotatable bonds is 7. The molecule has 2 heterocycles. The fraction of sp³-hybridized carbons (Fsp3) is 0.0577. The van der Waals surface area contributed by atoms with Gasteiger partial charge in [-0.2, -0.15) is 0 Å². The molecule has 0 aliphatic heterocycles. The van der Waals surface area contributed by atoms with Crippen molar-refractivity contribution in [3.8, 4) is 22.6 Å². The minimum Gasteiger partial charge on any atom is -0.454 e. The Kier molecular flexibility index (Phi) is 7.45. The summed E-state index contributed by atoms with van der Waals surface area (Å²) in [6, 6.07) is 65.8. The first kappa shape index (κ1) is 33.0. The van der Waals surface area contributed by atoms with Gasteiger partial charge in [0.05, 0.1) is 17.1 Å². The fourth-order valence-electron chi connectivity index (χ4n) is 8.75.